The normalized spacial score (nSPS) is 23.5. The number of aromatic nitrogens is 1. The minimum atomic E-state index is -0.391. The van der Waals surface area contributed by atoms with Crippen LogP contribution in [0.4, 0.5) is 0 Å². The third kappa shape index (κ3) is 3.21. The Labute approximate surface area is 139 Å². The molecule has 1 saturated carbocycles. The lowest BCUT2D eigenvalue weighted by molar-refractivity contribution is 0.0355. The van der Waals surface area contributed by atoms with Crippen molar-refractivity contribution in [2.75, 3.05) is 6.61 Å². The van der Waals surface area contributed by atoms with Crippen molar-refractivity contribution in [3.05, 3.63) is 64.4 Å². The van der Waals surface area contributed by atoms with Crippen molar-refractivity contribution in [2.45, 2.75) is 24.9 Å². The van der Waals surface area contributed by atoms with Crippen LogP contribution in [0.5, 0.6) is 0 Å². The number of rotatable bonds is 5. The summed E-state index contributed by atoms with van der Waals surface area (Å²) in [6.45, 7) is 1.34. The number of ether oxygens (including phenoxy) is 1. The predicted octanol–water partition coefficient (Wildman–Crippen LogP) is 4.23. The highest BCUT2D eigenvalue weighted by Gasteiger charge is 2.46. The molecule has 0 unspecified atom stereocenters. The number of halogens is 1. The predicted molar refractivity (Wildman–Crippen MR) is 88.1 cm³/mol. The zero-order chi connectivity index (χ0) is 15.4. The summed E-state index contributed by atoms with van der Waals surface area (Å²) >= 11 is 3.42. The third-order valence-corrected chi connectivity index (χ3v) is 4.64. The average molecular weight is 357 g/mol. The molecular formula is C18H17BrN2O. The van der Waals surface area contributed by atoms with Gasteiger partial charge in [-0.2, -0.15) is 5.26 Å². The highest BCUT2D eigenvalue weighted by Crippen LogP contribution is 2.47. The summed E-state index contributed by atoms with van der Waals surface area (Å²) in [6, 6.07) is 14.6. The summed E-state index contributed by atoms with van der Waals surface area (Å²) in [5, 5.41) is 9.57. The zero-order valence-electron chi connectivity index (χ0n) is 12.2. The van der Waals surface area contributed by atoms with Crippen LogP contribution in [0.3, 0.4) is 0 Å². The molecule has 1 heterocycles. The minimum Gasteiger partial charge on any atom is -0.376 e. The lowest BCUT2D eigenvalue weighted by Crippen LogP contribution is -2.42. The molecule has 1 aromatic heterocycles. The zero-order valence-corrected chi connectivity index (χ0v) is 13.8. The summed E-state index contributed by atoms with van der Waals surface area (Å²) < 4.78 is 6.71. The lowest BCUT2D eigenvalue weighted by Gasteiger charge is -2.42. The van der Waals surface area contributed by atoms with Crippen LogP contribution in [0, 0.1) is 17.2 Å². The Kier molecular flexibility index (Phi) is 4.56. The van der Waals surface area contributed by atoms with Crippen LogP contribution in [0.25, 0.3) is 0 Å². The molecule has 0 bridgehead atoms. The second-order valence-corrected chi connectivity index (χ2v) is 6.78. The third-order valence-electron chi connectivity index (χ3n) is 4.21. The van der Waals surface area contributed by atoms with Gasteiger partial charge >= 0.3 is 0 Å². The van der Waals surface area contributed by atoms with Crippen LogP contribution in [-0.2, 0) is 16.8 Å². The van der Waals surface area contributed by atoms with Crippen molar-refractivity contribution in [3.8, 4) is 6.07 Å². The fourth-order valence-electron chi connectivity index (χ4n) is 3.03. The maximum absolute atomic E-state index is 9.57. The van der Waals surface area contributed by atoms with E-state index in [0.717, 1.165) is 22.9 Å². The van der Waals surface area contributed by atoms with Gasteiger partial charge in [0.1, 0.15) is 0 Å². The smallest absolute Gasteiger partial charge is 0.0844 e. The first-order chi connectivity index (χ1) is 10.7. The van der Waals surface area contributed by atoms with Gasteiger partial charge in [0.2, 0.25) is 0 Å². The van der Waals surface area contributed by atoms with Gasteiger partial charge in [0.05, 0.1) is 18.1 Å². The van der Waals surface area contributed by atoms with E-state index in [9.17, 15) is 5.26 Å². The van der Waals surface area contributed by atoms with Gasteiger partial charge < -0.3 is 4.74 Å². The molecule has 22 heavy (non-hydrogen) atoms. The molecule has 1 aliphatic rings. The first-order valence-electron chi connectivity index (χ1n) is 7.36. The Bertz CT molecular complexity index is 675. The van der Waals surface area contributed by atoms with Gasteiger partial charge in [0.15, 0.2) is 0 Å². The molecule has 2 aromatic rings. The largest absolute Gasteiger partial charge is 0.376 e. The van der Waals surface area contributed by atoms with Gasteiger partial charge in [-0.3, -0.25) is 4.98 Å². The molecule has 3 nitrogen and oxygen atoms in total. The van der Waals surface area contributed by atoms with Crippen LogP contribution in [0.2, 0.25) is 0 Å². The van der Waals surface area contributed by atoms with E-state index in [4.69, 9.17) is 4.74 Å². The minimum absolute atomic E-state index is 0.391. The Hall–Kier alpha value is -1.70. The van der Waals surface area contributed by atoms with Crippen molar-refractivity contribution in [1.29, 1.82) is 5.26 Å². The number of pyridine rings is 1. The molecule has 0 aliphatic heterocycles. The van der Waals surface area contributed by atoms with E-state index in [2.05, 4.69) is 39.1 Å². The van der Waals surface area contributed by atoms with E-state index < -0.39 is 5.41 Å². The summed E-state index contributed by atoms with van der Waals surface area (Å²) in [7, 11) is 0. The molecule has 1 aromatic carbocycles. The average Bonchev–Trinajstić information content (AvgIpc) is 2.51. The molecule has 0 radical (unpaired) electrons. The van der Waals surface area contributed by atoms with Gasteiger partial charge in [-0.25, -0.2) is 0 Å². The maximum atomic E-state index is 9.57. The summed E-state index contributed by atoms with van der Waals surface area (Å²) in [6.07, 6.45) is 5.23. The number of nitriles is 1. The van der Waals surface area contributed by atoms with Gasteiger partial charge in [0, 0.05) is 23.5 Å². The molecule has 4 heteroatoms. The quantitative estimate of drug-likeness (QED) is 0.804. The molecule has 0 N–H and O–H groups in total. The summed E-state index contributed by atoms with van der Waals surface area (Å²) in [5.41, 5.74) is 1.80. The van der Waals surface area contributed by atoms with Crippen LogP contribution < -0.4 is 0 Å². The fourth-order valence-corrected chi connectivity index (χ4v) is 3.39. The monoisotopic (exact) mass is 356 g/mol. The number of nitrogens with zero attached hydrogens (tertiary/aromatic N) is 2. The number of hydrogen-bond donors (Lipinski definition) is 0. The van der Waals surface area contributed by atoms with Gasteiger partial charge in [-0.1, -0.05) is 30.3 Å². The SMILES string of the molecule is N#CC1(c2cncc(Br)c2)CC(COCc2ccccc2)C1. The summed E-state index contributed by atoms with van der Waals surface area (Å²) in [4.78, 5) is 4.18. The Morgan fingerprint density at radius 1 is 1.27 bits per heavy atom. The van der Waals surface area contributed by atoms with Gasteiger partial charge in [0.25, 0.3) is 0 Å². The molecule has 0 amide bonds. The molecule has 0 spiro atoms. The molecule has 0 atom stereocenters. The van der Waals surface area contributed by atoms with Crippen LogP contribution in [0.1, 0.15) is 24.0 Å². The van der Waals surface area contributed by atoms with E-state index in [-0.39, 0.29) is 0 Å². The molecule has 0 saturated heterocycles. The Morgan fingerprint density at radius 2 is 2.05 bits per heavy atom. The number of benzene rings is 1. The molecule has 1 fully saturated rings. The maximum Gasteiger partial charge on any atom is 0.0844 e. The second-order valence-electron chi connectivity index (χ2n) is 5.86. The fraction of sp³-hybridized carbons (Fsp3) is 0.333. The standard InChI is InChI=1S/C18H17BrN2O/c19-17-6-16(9-21-10-17)18(13-20)7-15(8-18)12-22-11-14-4-2-1-3-5-14/h1-6,9-10,15H,7-8,11-12H2. The Morgan fingerprint density at radius 3 is 2.73 bits per heavy atom. The first kappa shape index (κ1) is 15.2. The first-order valence-corrected chi connectivity index (χ1v) is 8.15. The Balaban J connectivity index is 1.53. The van der Waals surface area contributed by atoms with Crippen molar-refractivity contribution in [3.63, 3.8) is 0 Å². The van der Waals surface area contributed by atoms with Crippen molar-refractivity contribution < 1.29 is 4.74 Å². The van der Waals surface area contributed by atoms with E-state index in [1.54, 1.807) is 12.4 Å². The van der Waals surface area contributed by atoms with Gasteiger partial charge in [-0.15, -0.1) is 0 Å². The van der Waals surface area contributed by atoms with Gasteiger partial charge in [-0.05, 0) is 51.9 Å². The van der Waals surface area contributed by atoms with E-state index in [1.807, 2.05) is 24.3 Å². The van der Waals surface area contributed by atoms with Crippen molar-refractivity contribution in [1.82, 2.24) is 4.98 Å². The van der Waals surface area contributed by atoms with Crippen LogP contribution in [-0.4, -0.2) is 11.6 Å². The topological polar surface area (TPSA) is 45.9 Å². The molecule has 112 valence electrons. The van der Waals surface area contributed by atoms with Crippen molar-refractivity contribution in [2.24, 2.45) is 5.92 Å². The van der Waals surface area contributed by atoms with Crippen molar-refractivity contribution >= 4 is 15.9 Å². The lowest BCUT2D eigenvalue weighted by atomic mass is 9.60. The van der Waals surface area contributed by atoms with E-state index >= 15 is 0 Å². The highest BCUT2D eigenvalue weighted by molar-refractivity contribution is 9.10. The highest BCUT2D eigenvalue weighted by atomic mass is 79.9. The van der Waals surface area contributed by atoms with Crippen LogP contribution >= 0.6 is 15.9 Å². The van der Waals surface area contributed by atoms with E-state index in [1.165, 1.54) is 5.56 Å². The molecule has 1 aliphatic carbocycles. The van der Waals surface area contributed by atoms with Crippen LogP contribution in [0.15, 0.2) is 53.3 Å². The second kappa shape index (κ2) is 6.60. The van der Waals surface area contributed by atoms with E-state index in [0.29, 0.717) is 19.1 Å². The number of hydrogen-bond acceptors (Lipinski definition) is 3. The summed E-state index contributed by atoms with van der Waals surface area (Å²) in [5.74, 6) is 0.447. The molecular weight excluding hydrogens is 340 g/mol. The molecule has 3 rings (SSSR count).